The molecule has 3 N–H and O–H groups in total. The van der Waals surface area contributed by atoms with Crippen molar-refractivity contribution in [2.24, 2.45) is 11.8 Å². The minimum absolute atomic E-state index is 0.171. The number of aliphatic carboxylic acids is 1. The maximum atomic E-state index is 11.5. The number of aliphatic hydroxyl groups excluding tert-OH is 1. The van der Waals surface area contributed by atoms with Crippen LogP contribution in [0.3, 0.4) is 0 Å². The van der Waals surface area contributed by atoms with E-state index in [0.717, 1.165) is 0 Å². The number of aliphatic hydroxyl groups is 1. The maximum Gasteiger partial charge on any atom is 0.326 e. The minimum atomic E-state index is -1.06. The Hall–Kier alpha value is -0.750. The normalized spacial score (nSPS) is 14.6. The molecule has 0 saturated heterocycles. The van der Waals surface area contributed by atoms with Crippen molar-refractivity contribution in [3.63, 3.8) is 0 Å². The van der Waals surface area contributed by atoms with E-state index in [0.29, 0.717) is 6.42 Å². The van der Waals surface area contributed by atoms with E-state index in [1.165, 1.54) is 0 Å². The van der Waals surface area contributed by atoms with Gasteiger partial charge in [-0.3, -0.25) is 4.79 Å². The highest BCUT2D eigenvalue weighted by Gasteiger charge is 2.24. The van der Waals surface area contributed by atoms with Gasteiger partial charge in [0, 0.05) is 5.75 Å². The summed E-state index contributed by atoms with van der Waals surface area (Å²) in [6, 6.07) is -0.901. The average Bonchev–Trinajstić information content (AvgIpc) is 2.17. The molecule has 0 bridgehead atoms. The monoisotopic (exact) mass is 249 g/mol. The first kappa shape index (κ1) is 15.2. The number of rotatable bonds is 7. The van der Waals surface area contributed by atoms with Gasteiger partial charge >= 0.3 is 5.97 Å². The summed E-state index contributed by atoms with van der Waals surface area (Å²) in [7, 11) is 0. The Morgan fingerprint density at radius 1 is 1.38 bits per heavy atom. The lowest BCUT2D eigenvalue weighted by molar-refractivity contribution is -0.143. The van der Waals surface area contributed by atoms with Crippen LogP contribution in [0.15, 0.2) is 0 Å². The van der Waals surface area contributed by atoms with Crippen molar-refractivity contribution in [2.75, 3.05) is 12.4 Å². The topological polar surface area (TPSA) is 86.6 Å². The van der Waals surface area contributed by atoms with Crippen LogP contribution in [-0.4, -0.2) is 40.5 Å². The lowest BCUT2D eigenvalue weighted by atomic mass is 10.0. The number of nitrogens with one attached hydrogen (secondary N) is 1. The highest BCUT2D eigenvalue weighted by molar-refractivity contribution is 7.80. The Balaban J connectivity index is 4.39. The summed E-state index contributed by atoms with van der Waals surface area (Å²) >= 11 is 3.91. The summed E-state index contributed by atoms with van der Waals surface area (Å²) in [5.74, 6) is -1.82. The van der Waals surface area contributed by atoms with Gasteiger partial charge in [-0.25, -0.2) is 4.79 Å². The Kier molecular flexibility index (Phi) is 7.16. The van der Waals surface area contributed by atoms with Crippen LogP contribution >= 0.6 is 12.6 Å². The number of carbonyl (C=O) groups excluding carboxylic acids is 1. The molecule has 5 nitrogen and oxygen atoms in total. The summed E-state index contributed by atoms with van der Waals surface area (Å²) in [4.78, 5) is 22.4. The van der Waals surface area contributed by atoms with Crippen LogP contribution in [0.25, 0.3) is 0 Å². The molecule has 16 heavy (non-hydrogen) atoms. The molecule has 2 atom stereocenters. The molecule has 0 aliphatic rings. The van der Waals surface area contributed by atoms with E-state index in [4.69, 9.17) is 10.2 Å². The average molecular weight is 249 g/mol. The fourth-order valence-electron chi connectivity index (χ4n) is 1.21. The fourth-order valence-corrected chi connectivity index (χ4v) is 1.49. The van der Waals surface area contributed by atoms with E-state index in [-0.39, 0.29) is 18.3 Å². The van der Waals surface area contributed by atoms with Crippen molar-refractivity contribution in [3.05, 3.63) is 0 Å². The maximum absolute atomic E-state index is 11.5. The molecule has 0 aromatic heterocycles. The Morgan fingerprint density at radius 3 is 2.25 bits per heavy atom. The van der Waals surface area contributed by atoms with Crippen LogP contribution in [0.4, 0.5) is 0 Å². The molecule has 0 radical (unpaired) electrons. The molecule has 0 aliphatic carbocycles. The molecule has 0 rings (SSSR count). The van der Waals surface area contributed by atoms with Gasteiger partial charge < -0.3 is 15.5 Å². The van der Waals surface area contributed by atoms with Gasteiger partial charge in [-0.15, -0.1) is 0 Å². The predicted molar refractivity (Wildman–Crippen MR) is 63.5 cm³/mol. The Morgan fingerprint density at radius 2 is 1.94 bits per heavy atom. The van der Waals surface area contributed by atoms with E-state index in [1.54, 1.807) is 0 Å². The minimum Gasteiger partial charge on any atom is -0.480 e. The largest absolute Gasteiger partial charge is 0.480 e. The molecule has 0 aromatic carbocycles. The SMILES string of the molecule is CC(C)C[C@H](NC(=O)C(CO)CS)C(=O)O. The number of amides is 1. The van der Waals surface area contributed by atoms with Crippen LogP contribution < -0.4 is 5.32 Å². The smallest absolute Gasteiger partial charge is 0.326 e. The molecule has 1 unspecified atom stereocenters. The number of carbonyl (C=O) groups is 2. The van der Waals surface area contributed by atoms with E-state index >= 15 is 0 Å². The summed E-state index contributed by atoms with van der Waals surface area (Å²) in [5, 5.41) is 20.2. The zero-order valence-electron chi connectivity index (χ0n) is 9.51. The number of hydrogen-bond acceptors (Lipinski definition) is 4. The molecule has 0 heterocycles. The van der Waals surface area contributed by atoms with Crippen LogP contribution in [0, 0.1) is 11.8 Å². The molecule has 6 heteroatoms. The quantitative estimate of drug-likeness (QED) is 0.483. The van der Waals surface area contributed by atoms with E-state index in [9.17, 15) is 9.59 Å². The Labute approximate surface area is 101 Å². The second-order valence-corrected chi connectivity index (χ2v) is 4.46. The van der Waals surface area contributed by atoms with Crippen molar-refractivity contribution in [2.45, 2.75) is 26.3 Å². The lowest BCUT2D eigenvalue weighted by Gasteiger charge is -2.19. The van der Waals surface area contributed by atoms with Gasteiger partial charge in [0.1, 0.15) is 6.04 Å². The van der Waals surface area contributed by atoms with E-state index in [2.05, 4.69) is 17.9 Å². The lowest BCUT2D eigenvalue weighted by Crippen LogP contribution is -2.45. The molecular weight excluding hydrogens is 230 g/mol. The second-order valence-electron chi connectivity index (χ2n) is 4.09. The summed E-state index contributed by atoms with van der Waals surface area (Å²) in [5.41, 5.74) is 0. The van der Waals surface area contributed by atoms with Gasteiger partial charge in [-0.2, -0.15) is 12.6 Å². The third-order valence-corrected chi connectivity index (χ3v) is 2.57. The first-order valence-corrected chi connectivity index (χ1v) is 5.80. The third kappa shape index (κ3) is 5.37. The molecule has 0 aromatic rings. The molecule has 0 saturated carbocycles. The van der Waals surface area contributed by atoms with Crippen LogP contribution in [0.5, 0.6) is 0 Å². The first-order chi connectivity index (χ1) is 7.42. The van der Waals surface area contributed by atoms with Gasteiger partial charge in [0.05, 0.1) is 12.5 Å². The van der Waals surface area contributed by atoms with Gasteiger partial charge in [-0.05, 0) is 12.3 Å². The molecule has 0 aliphatic heterocycles. The van der Waals surface area contributed by atoms with E-state index < -0.39 is 23.8 Å². The van der Waals surface area contributed by atoms with Crippen molar-refractivity contribution < 1.29 is 19.8 Å². The van der Waals surface area contributed by atoms with Crippen molar-refractivity contribution in [1.82, 2.24) is 5.32 Å². The zero-order valence-corrected chi connectivity index (χ0v) is 10.4. The molecule has 1 amide bonds. The fraction of sp³-hybridized carbons (Fsp3) is 0.800. The van der Waals surface area contributed by atoms with Crippen molar-refractivity contribution in [3.8, 4) is 0 Å². The van der Waals surface area contributed by atoms with Crippen LogP contribution in [-0.2, 0) is 9.59 Å². The highest BCUT2D eigenvalue weighted by atomic mass is 32.1. The second kappa shape index (κ2) is 7.51. The molecular formula is C10H19NO4S. The third-order valence-electron chi connectivity index (χ3n) is 2.13. The van der Waals surface area contributed by atoms with E-state index in [1.807, 2.05) is 13.8 Å². The molecule has 0 fully saturated rings. The van der Waals surface area contributed by atoms with Crippen LogP contribution in [0.1, 0.15) is 20.3 Å². The molecule has 94 valence electrons. The number of carboxylic acids is 1. The standard InChI is InChI=1S/C10H19NO4S/c1-6(2)3-8(10(14)15)11-9(13)7(4-12)5-16/h6-8,12,16H,3-5H2,1-2H3,(H,11,13)(H,14,15)/t7?,8-/m0/s1. The molecule has 0 spiro atoms. The zero-order chi connectivity index (χ0) is 12.7. The van der Waals surface area contributed by atoms with Crippen LogP contribution in [0.2, 0.25) is 0 Å². The number of hydrogen-bond donors (Lipinski definition) is 4. The summed E-state index contributed by atoms with van der Waals surface area (Å²) < 4.78 is 0. The summed E-state index contributed by atoms with van der Waals surface area (Å²) in [6.07, 6.45) is 0.367. The van der Waals surface area contributed by atoms with Crippen molar-refractivity contribution >= 4 is 24.5 Å². The Bertz CT molecular complexity index is 241. The van der Waals surface area contributed by atoms with Gasteiger partial charge in [-0.1, -0.05) is 13.8 Å². The predicted octanol–water partition coefficient (Wildman–Crippen LogP) is 0.140. The first-order valence-electron chi connectivity index (χ1n) is 5.17. The van der Waals surface area contributed by atoms with Gasteiger partial charge in [0.2, 0.25) is 5.91 Å². The number of thiol groups is 1. The van der Waals surface area contributed by atoms with Gasteiger partial charge in [0.25, 0.3) is 0 Å². The van der Waals surface area contributed by atoms with Gasteiger partial charge in [0.15, 0.2) is 0 Å². The van der Waals surface area contributed by atoms with Crippen molar-refractivity contribution in [1.29, 1.82) is 0 Å². The highest BCUT2D eigenvalue weighted by Crippen LogP contribution is 2.07. The number of carboxylic acid groups (broad SMARTS) is 1. The summed E-state index contributed by atoms with van der Waals surface area (Å²) in [6.45, 7) is 3.43.